The molecule has 0 aromatic carbocycles. The fraction of sp³-hybridized carbons (Fsp3) is 0.500. The lowest BCUT2D eigenvalue weighted by Crippen LogP contribution is -2.13. The van der Waals surface area contributed by atoms with Crippen LogP contribution in [0, 0.1) is 17.2 Å². The Morgan fingerprint density at radius 2 is 2.33 bits per heavy atom. The van der Waals surface area contributed by atoms with Gasteiger partial charge in [-0.15, -0.1) is 0 Å². The van der Waals surface area contributed by atoms with Crippen LogP contribution in [0.25, 0.3) is 0 Å². The number of nitriles is 1. The third kappa shape index (κ3) is 3.62. The Balaban J connectivity index is 3.94. The Labute approximate surface area is 71.4 Å². The highest BCUT2D eigenvalue weighted by Crippen LogP contribution is 2.04. The van der Waals surface area contributed by atoms with Gasteiger partial charge in [-0.2, -0.15) is 5.26 Å². The van der Waals surface area contributed by atoms with Crippen molar-refractivity contribution in [3.8, 4) is 6.07 Å². The van der Waals surface area contributed by atoms with Gasteiger partial charge in [-0.25, -0.2) is 0 Å². The highest BCUT2D eigenvalue weighted by Gasteiger charge is 2.15. The highest BCUT2D eigenvalue weighted by atomic mass is 16.5. The number of hydrogen-bond donors (Lipinski definition) is 0. The van der Waals surface area contributed by atoms with Crippen LogP contribution in [-0.4, -0.2) is 20.2 Å². The molecular formula is C8H11NO3. The molecule has 0 aromatic rings. The number of allylic oxidation sites excluding steroid dienone is 1. The van der Waals surface area contributed by atoms with Crippen molar-refractivity contribution in [2.45, 2.75) is 6.42 Å². The summed E-state index contributed by atoms with van der Waals surface area (Å²) in [5.74, 6) is -1.25. The van der Waals surface area contributed by atoms with E-state index in [1.54, 1.807) is 6.08 Å². The Bertz CT molecular complexity index is 205. The zero-order valence-corrected chi connectivity index (χ0v) is 7.11. The van der Waals surface area contributed by atoms with Crippen LogP contribution in [0.2, 0.25) is 0 Å². The predicted octanol–water partition coefficient (Wildman–Crippen LogP) is 0.849. The van der Waals surface area contributed by atoms with Crippen molar-refractivity contribution < 1.29 is 14.3 Å². The SMILES string of the molecule is CO/C=C/CC(C#N)C(=O)OC. The second-order valence-corrected chi connectivity index (χ2v) is 2.05. The quantitative estimate of drug-likeness (QED) is 0.462. The Morgan fingerprint density at radius 1 is 1.67 bits per heavy atom. The third-order valence-corrected chi connectivity index (χ3v) is 1.25. The monoisotopic (exact) mass is 169 g/mol. The Morgan fingerprint density at radius 3 is 2.75 bits per heavy atom. The maximum Gasteiger partial charge on any atom is 0.323 e. The average Bonchev–Trinajstić information content (AvgIpc) is 2.11. The molecule has 0 N–H and O–H groups in total. The van der Waals surface area contributed by atoms with Gasteiger partial charge in [0.25, 0.3) is 0 Å². The largest absolute Gasteiger partial charge is 0.505 e. The lowest BCUT2D eigenvalue weighted by Gasteiger charge is -2.01. The van der Waals surface area contributed by atoms with Crippen molar-refractivity contribution in [3.63, 3.8) is 0 Å². The molecule has 12 heavy (non-hydrogen) atoms. The van der Waals surface area contributed by atoms with Gasteiger partial charge in [-0.05, 0) is 12.5 Å². The summed E-state index contributed by atoms with van der Waals surface area (Å²) in [4.78, 5) is 10.8. The van der Waals surface area contributed by atoms with Gasteiger partial charge in [-0.3, -0.25) is 4.79 Å². The van der Waals surface area contributed by atoms with Crippen molar-refractivity contribution in [1.29, 1.82) is 5.26 Å². The van der Waals surface area contributed by atoms with Gasteiger partial charge in [0.15, 0.2) is 0 Å². The lowest BCUT2D eigenvalue weighted by molar-refractivity contribution is -0.143. The van der Waals surface area contributed by atoms with Crippen LogP contribution >= 0.6 is 0 Å². The maximum absolute atomic E-state index is 10.8. The van der Waals surface area contributed by atoms with E-state index in [0.717, 1.165) is 0 Å². The molecular weight excluding hydrogens is 158 g/mol. The summed E-state index contributed by atoms with van der Waals surface area (Å²) < 4.78 is 9.01. The minimum Gasteiger partial charge on any atom is -0.505 e. The first kappa shape index (κ1) is 10.5. The van der Waals surface area contributed by atoms with E-state index in [1.165, 1.54) is 20.5 Å². The number of rotatable bonds is 4. The second-order valence-electron chi connectivity index (χ2n) is 2.05. The number of hydrogen-bond acceptors (Lipinski definition) is 4. The van der Waals surface area contributed by atoms with Gasteiger partial charge in [0.05, 0.1) is 26.6 Å². The van der Waals surface area contributed by atoms with Gasteiger partial charge in [0, 0.05) is 0 Å². The van der Waals surface area contributed by atoms with E-state index in [4.69, 9.17) is 5.26 Å². The summed E-state index contributed by atoms with van der Waals surface area (Å²) in [5, 5.41) is 8.50. The van der Waals surface area contributed by atoms with Crippen LogP contribution in [0.3, 0.4) is 0 Å². The van der Waals surface area contributed by atoms with E-state index in [0.29, 0.717) is 6.42 Å². The summed E-state index contributed by atoms with van der Waals surface area (Å²) >= 11 is 0. The maximum atomic E-state index is 10.8. The molecule has 0 aromatic heterocycles. The van der Waals surface area contributed by atoms with Crippen LogP contribution in [0.4, 0.5) is 0 Å². The molecule has 0 radical (unpaired) electrons. The number of esters is 1. The summed E-state index contributed by atoms with van der Waals surface area (Å²) in [6.45, 7) is 0. The lowest BCUT2D eigenvalue weighted by atomic mass is 10.1. The molecule has 0 spiro atoms. The van der Waals surface area contributed by atoms with Gasteiger partial charge in [0.2, 0.25) is 0 Å². The van der Waals surface area contributed by atoms with Crippen LogP contribution < -0.4 is 0 Å². The van der Waals surface area contributed by atoms with Crippen LogP contribution in [-0.2, 0) is 14.3 Å². The van der Waals surface area contributed by atoms with Crippen molar-refractivity contribution >= 4 is 5.97 Å². The fourth-order valence-electron chi connectivity index (χ4n) is 0.632. The summed E-state index contributed by atoms with van der Waals surface area (Å²) in [5.41, 5.74) is 0. The zero-order valence-electron chi connectivity index (χ0n) is 7.11. The summed E-state index contributed by atoms with van der Waals surface area (Å²) in [6.07, 6.45) is 3.34. The zero-order chi connectivity index (χ0) is 9.40. The topological polar surface area (TPSA) is 59.3 Å². The van der Waals surface area contributed by atoms with Gasteiger partial charge in [0.1, 0.15) is 5.92 Å². The first-order chi connectivity index (χ1) is 5.76. The molecule has 0 aliphatic heterocycles. The summed E-state index contributed by atoms with van der Waals surface area (Å²) in [7, 11) is 2.75. The van der Waals surface area contributed by atoms with Crippen LogP contribution in [0.1, 0.15) is 6.42 Å². The predicted molar refractivity (Wildman–Crippen MR) is 41.9 cm³/mol. The van der Waals surface area contributed by atoms with E-state index in [-0.39, 0.29) is 0 Å². The Hall–Kier alpha value is -1.50. The van der Waals surface area contributed by atoms with Crippen molar-refractivity contribution in [3.05, 3.63) is 12.3 Å². The molecule has 0 heterocycles. The molecule has 0 saturated heterocycles. The van der Waals surface area contributed by atoms with Crippen LogP contribution in [0.5, 0.6) is 0 Å². The number of ether oxygens (including phenoxy) is 2. The first-order valence-corrected chi connectivity index (χ1v) is 3.41. The molecule has 0 aliphatic carbocycles. The molecule has 1 unspecified atom stereocenters. The van der Waals surface area contributed by atoms with E-state index in [2.05, 4.69) is 9.47 Å². The molecule has 66 valence electrons. The van der Waals surface area contributed by atoms with E-state index in [1.807, 2.05) is 6.07 Å². The van der Waals surface area contributed by atoms with Gasteiger partial charge in [-0.1, -0.05) is 0 Å². The van der Waals surface area contributed by atoms with Crippen molar-refractivity contribution in [2.75, 3.05) is 14.2 Å². The second kappa shape index (κ2) is 6.23. The van der Waals surface area contributed by atoms with E-state index in [9.17, 15) is 4.79 Å². The minimum atomic E-state index is -0.735. The highest BCUT2D eigenvalue weighted by molar-refractivity contribution is 5.75. The van der Waals surface area contributed by atoms with Gasteiger partial charge >= 0.3 is 5.97 Å². The number of methoxy groups -OCH3 is 2. The van der Waals surface area contributed by atoms with Crippen molar-refractivity contribution in [1.82, 2.24) is 0 Å². The molecule has 4 nitrogen and oxygen atoms in total. The minimum absolute atomic E-state index is 0.316. The number of nitrogens with zero attached hydrogens (tertiary/aromatic N) is 1. The smallest absolute Gasteiger partial charge is 0.323 e. The molecule has 0 fully saturated rings. The fourth-order valence-corrected chi connectivity index (χ4v) is 0.632. The van der Waals surface area contributed by atoms with Crippen molar-refractivity contribution in [2.24, 2.45) is 5.92 Å². The first-order valence-electron chi connectivity index (χ1n) is 3.41. The molecule has 4 heteroatoms. The molecule has 1 atom stereocenters. The van der Waals surface area contributed by atoms with E-state index >= 15 is 0 Å². The Kier molecular flexibility index (Phi) is 5.45. The molecule has 0 saturated carbocycles. The van der Waals surface area contributed by atoms with Crippen LogP contribution in [0.15, 0.2) is 12.3 Å². The third-order valence-electron chi connectivity index (χ3n) is 1.25. The van der Waals surface area contributed by atoms with Gasteiger partial charge < -0.3 is 9.47 Å². The standard InChI is InChI=1S/C8H11NO3/c1-11-5-3-4-7(6-9)8(10)12-2/h3,5,7H,4H2,1-2H3/b5-3+. The summed E-state index contributed by atoms with van der Waals surface area (Å²) in [6, 6.07) is 1.83. The number of carbonyl (C=O) groups excluding carboxylic acids is 1. The molecule has 0 amide bonds. The average molecular weight is 169 g/mol. The molecule has 0 rings (SSSR count). The van der Waals surface area contributed by atoms with E-state index < -0.39 is 11.9 Å². The number of carbonyl (C=O) groups is 1. The molecule has 0 aliphatic rings. The normalized spacial score (nSPS) is 12.1. The molecule has 0 bridgehead atoms.